The van der Waals surface area contributed by atoms with Gasteiger partial charge in [-0.3, -0.25) is 4.79 Å². The lowest BCUT2D eigenvalue weighted by Crippen LogP contribution is -2.36. The lowest BCUT2D eigenvalue weighted by Gasteiger charge is -2.23. The number of rotatable bonds is 8. The van der Waals surface area contributed by atoms with E-state index in [9.17, 15) is 18.0 Å². The predicted octanol–water partition coefficient (Wildman–Crippen LogP) is 4.29. The zero-order chi connectivity index (χ0) is 23.8. The van der Waals surface area contributed by atoms with E-state index in [0.29, 0.717) is 36.1 Å². The van der Waals surface area contributed by atoms with Gasteiger partial charge in [0.15, 0.2) is 6.29 Å². The van der Waals surface area contributed by atoms with Crippen molar-refractivity contribution < 1.29 is 27.4 Å². The molecule has 2 aromatic rings. The van der Waals surface area contributed by atoms with Crippen molar-refractivity contribution in [2.75, 3.05) is 18.5 Å². The molecule has 1 atom stereocenters. The molecule has 1 aliphatic carbocycles. The number of aryl methyl sites for hydroxylation is 1. The van der Waals surface area contributed by atoms with Gasteiger partial charge in [-0.15, -0.1) is 0 Å². The molecule has 1 aliphatic heterocycles. The zero-order valence-electron chi connectivity index (χ0n) is 18.8. The molecule has 0 spiro atoms. The highest BCUT2D eigenvalue weighted by atomic mass is 19.3. The Kier molecular flexibility index (Phi) is 6.58. The lowest BCUT2D eigenvalue weighted by molar-refractivity contribution is -0.121. The highest BCUT2D eigenvalue weighted by Crippen LogP contribution is 2.36. The second-order valence-electron chi connectivity index (χ2n) is 8.76. The average molecular weight is 464 g/mol. The summed E-state index contributed by atoms with van der Waals surface area (Å²) in [7, 11) is 0. The maximum absolute atomic E-state index is 14.7. The molecule has 1 unspecified atom stereocenters. The minimum absolute atomic E-state index is 0.00417. The Morgan fingerprint density at radius 1 is 1.21 bits per heavy atom. The minimum Gasteiger partial charge on any atom is -0.363 e. The van der Waals surface area contributed by atoms with Crippen molar-refractivity contribution in [3.8, 4) is 0 Å². The Bertz CT molecular complexity index is 1040. The van der Waals surface area contributed by atoms with Crippen LogP contribution in [0.25, 0.3) is 0 Å². The summed E-state index contributed by atoms with van der Waals surface area (Å²) in [6.07, 6.45) is -1.87. The quantitative estimate of drug-likeness (QED) is 0.606. The van der Waals surface area contributed by atoms with E-state index < -0.39 is 30.1 Å². The van der Waals surface area contributed by atoms with Crippen molar-refractivity contribution in [2.45, 2.75) is 64.3 Å². The number of ether oxygens (including phenoxy) is 2. The third kappa shape index (κ3) is 5.27. The summed E-state index contributed by atoms with van der Waals surface area (Å²) in [5.74, 6) is -0.439. The van der Waals surface area contributed by atoms with Gasteiger partial charge in [-0.05, 0) is 33.6 Å². The van der Waals surface area contributed by atoms with Gasteiger partial charge in [0.05, 0.1) is 42.5 Å². The van der Waals surface area contributed by atoms with Crippen molar-refractivity contribution in [3.05, 3.63) is 52.2 Å². The maximum atomic E-state index is 14.7. The number of carbonyl (C=O) groups is 1. The molecule has 2 aliphatic rings. The molecule has 1 saturated carbocycles. The van der Waals surface area contributed by atoms with Crippen molar-refractivity contribution in [2.24, 2.45) is 0 Å². The summed E-state index contributed by atoms with van der Waals surface area (Å²) in [4.78, 5) is 21.6. The van der Waals surface area contributed by atoms with Crippen LogP contribution in [0.1, 0.15) is 73.7 Å². The smallest absolute Gasteiger partial charge is 0.266 e. The number of carbonyl (C=O) groups excluding carboxylic acids is 1. The SMILES string of the molecule is Cc1nc(CC(=O)NC2(C)CC2)c(C2OCCO2)c(NC(C)c2cccc(C(F)F)c2F)n1. The minimum atomic E-state index is -2.92. The number of benzene rings is 1. The Morgan fingerprint density at radius 2 is 1.88 bits per heavy atom. The first-order valence-electron chi connectivity index (χ1n) is 10.9. The Balaban J connectivity index is 1.66. The molecule has 2 N–H and O–H groups in total. The molecule has 1 saturated heterocycles. The van der Waals surface area contributed by atoms with Gasteiger partial charge >= 0.3 is 0 Å². The van der Waals surface area contributed by atoms with E-state index in [2.05, 4.69) is 20.6 Å². The summed E-state index contributed by atoms with van der Waals surface area (Å²) in [5.41, 5.74) is 0.125. The number of hydrogen-bond acceptors (Lipinski definition) is 6. The van der Waals surface area contributed by atoms with Crippen LogP contribution < -0.4 is 10.6 Å². The van der Waals surface area contributed by atoms with Crippen LogP contribution in [-0.2, 0) is 20.7 Å². The van der Waals surface area contributed by atoms with Crippen molar-refractivity contribution in [3.63, 3.8) is 0 Å². The molecule has 2 fully saturated rings. The number of hydrogen-bond donors (Lipinski definition) is 2. The molecule has 10 heteroatoms. The third-order valence-electron chi connectivity index (χ3n) is 5.88. The molecule has 7 nitrogen and oxygen atoms in total. The van der Waals surface area contributed by atoms with E-state index in [1.807, 2.05) is 6.92 Å². The second-order valence-corrected chi connectivity index (χ2v) is 8.76. The van der Waals surface area contributed by atoms with Gasteiger partial charge in [0.25, 0.3) is 6.43 Å². The average Bonchev–Trinajstić information content (AvgIpc) is 3.21. The van der Waals surface area contributed by atoms with Crippen LogP contribution in [0.15, 0.2) is 18.2 Å². The molecular weight excluding hydrogens is 437 g/mol. The van der Waals surface area contributed by atoms with Crippen LogP contribution >= 0.6 is 0 Å². The Hall–Kier alpha value is -2.72. The largest absolute Gasteiger partial charge is 0.363 e. The Morgan fingerprint density at radius 3 is 2.52 bits per heavy atom. The molecule has 178 valence electrons. The third-order valence-corrected chi connectivity index (χ3v) is 5.88. The van der Waals surface area contributed by atoms with Gasteiger partial charge in [0.2, 0.25) is 5.91 Å². The zero-order valence-corrected chi connectivity index (χ0v) is 18.8. The molecule has 0 radical (unpaired) electrons. The number of anilines is 1. The van der Waals surface area contributed by atoms with Gasteiger partial charge in [0, 0.05) is 11.1 Å². The topological polar surface area (TPSA) is 85.4 Å². The molecular formula is C23H27F3N4O3. The monoisotopic (exact) mass is 464 g/mol. The highest BCUT2D eigenvalue weighted by molar-refractivity contribution is 5.80. The first kappa shape index (κ1) is 23.4. The fraction of sp³-hybridized carbons (Fsp3) is 0.522. The van der Waals surface area contributed by atoms with Gasteiger partial charge in [0.1, 0.15) is 17.5 Å². The maximum Gasteiger partial charge on any atom is 0.266 e. The summed E-state index contributed by atoms with van der Waals surface area (Å²) < 4.78 is 52.4. The molecule has 0 bridgehead atoms. The van der Waals surface area contributed by atoms with Crippen molar-refractivity contribution in [1.82, 2.24) is 15.3 Å². The van der Waals surface area contributed by atoms with Crippen LogP contribution in [0.4, 0.5) is 19.0 Å². The van der Waals surface area contributed by atoms with E-state index in [-0.39, 0.29) is 23.4 Å². The number of alkyl halides is 2. The molecule has 2 heterocycles. The van der Waals surface area contributed by atoms with Crippen LogP contribution in [-0.4, -0.2) is 34.6 Å². The number of amides is 1. The van der Waals surface area contributed by atoms with Crippen LogP contribution in [0.5, 0.6) is 0 Å². The number of nitrogens with zero attached hydrogens (tertiary/aromatic N) is 2. The van der Waals surface area contributed by atoms with Crippen molar-refractivity contribution >= 4 is 11.7 Å². The van der Waals surface area contributed by atoms with Gasteiger partial charge in [-0.25, -0.2) is 23.1 Å². The molecule has 1 aromatic carbocycles. The Labute approximate surface area is 190 Å². The van der Waals surface area contributed by atoms with E-state index in [0.717, 1.165) is 18.9 Å². The highest BCUT2D eigenvalue weighted by Gasteiger charge is 2.39. The number of halogens is 3. The van der Waals surface area contributed by atoms with E-state index in [4.69, 9.17) is 9.47 Å². The van der Waals surface area contributed by atoms with Crippen molar-refractivity contribution in [1.29, 1.82) is 0 Å². The van der Waals surface area contributed by atoms with Crippen LogP contribution in [0, 0.1) is 12.7 Å². The van der Waals surface area contributed by atoms with Gasteiger partial charge in [-0.2, -0.15) is 0 Å². The molecule has 1 aromatic heterocycles. The summed E-state index contributed by atoms with van der Waals surface area (Å²) >= 11 is 0. The predicted molar refractivity (Wildman–Crippen MR) is 114 cm³/mol. The molecule has 4 rings (SSSR count). The fourth-order valence-electron chi connectivity index (χ4n) is 3.86. The standard InChI is InChI=1S/C23H27F3N4O3/c1-12(14-5-4-6-15(19(14)24)20(25)26)27-21-18(22-32-9-10-33-22)16(28-13(2)29-21)11-17(31)30-23(3)7-8-23/h4-6,12,20,22H,7-11H2,1-3H3,(H,30,31)(H,27,28,29). The summed E-state index contributed by atoms with van der Waals surface area (Å²) in [6.45, 7) is 6.03. The fourth-order valence-corrected chi connectivity index (χ4v) is 3.86. The van der Waals surface area contributed by atoms with Crippen LogP contribution in [0.2, 0.25) is 0 Å². The molecule has 1 amide bonds. The van der Waals surface area contributed by atoms with Gasteiger partial charge < -0.3 is 20.1 Å². The molecule has 33 heavy (non-hydrogen) atoms. The summed E-state index contributed by atoms with van der Waals surface area (Å²) in [6, 6.07) is 3.19. The van der Waals surface area contributed by atoms with E-state index >= 15 is 0 Å². The first-order chi connectivity index (χ1) is 15.7. The number of aromatic nitrogens is 2. The lowest BCUT2D eigenvalue weighted by atomic mass is 10.0. The van der Waals surface area contributed by atoms with E-state index in [1.54, 1.807) is 13.8 Å². The first-order valence-corrected chi connectivity index (χ1v) is 10.9. The van der Waals surface area contributed by atoms with Crippen LogP contribution in [0.3, 0.4) is 0 Å². The number of nitrogens with one attached hydrogen (secondary N) is 2. The normalized spacial score (nSPS) is 18.4. The van der Waals surface area contributed by atoms with Gasteiger partial charge in [-0.1, -0.05) is 18.2 Å². The summed E-state index contributed by atoms with van der Waals surface area (Å²) in [5, 5.41) is 6.10. The van der Waals surface area contributed by atoms with E-state index in [1.165, 1.54) is 12.1 Å². The second kappa shape index (κ2) is 9.26.